The van der Waals surface area contributed by atoms with Crippen molar-refractivity contribution in [2.24, 2.45) is 0 Å². The van der Waals surface area contributed by atoms with Gasteiger partial charge in [-0.2, -0.15) is 0 Å². The van der Waals surface area contributed by atoms with Gasteiger partial charge in [0.1, 0.15) is 11.6 Å². The summed E-state index contributed by atoms with van der Waals surface area (Å²) in [5.41, 5.74) is 0.446. The Balaban J connectivity index is 1.72. The van der Waals surface area contributed by atoms with E-state index < -0.39 is 21.5 Å². The molecule has 0 heterocycles. The zero-order valence-electron chi connectivity index (χ0n) is 12.9. The van der Waals surface area contributed by atoms with Crippen LogP contribution in [0, 0.1) is 11.6 Å². The van der Waals surface area contributed by atoms with E-state index in [0.717, 1.165) is 18.9 Å². The van der Waals surface area contributed by atoms with Crippen molar-refractivity contribution in [2.75, 3.05) is 12.3 Å². The van der Waals surface area contributed by atoms with Gasteiger partial charge in [-0.05, 0) is 37.0 Å². The highest BCUT2D eigenvalue weighted by Gasteiger charge is 2.28. The molecular formula is C16H21F2NO3S. The van der Waals surface area contributed by atoms with Crippen LogP contribution in [0.4, 0.5) is 8.78 Å². The smallest absolute Gasteiger partial charge is 0.221 e. The average molecular weight is 345 g/mol. The molecule has 23 heavy (non-hydrogen) atoms. The number of amides is 1. The maximum Gasteiger partial charge on any atom is 0.221 e. The second-order valence-corrected chi connectivity index (χ2v) is 8.30. The largest absolute Gasteiger partial charge is 0.356 e. The molecule has 1 aromatic rings. The lowest BCUT2D eigenvalue weighted by molar-refractivity contribution is -0.120. The second kappa shape index (κ2) is 7.86. The van der Waals surface area contributed by atoms with Gasteiger partial charge in [0.15, 0.2) is 9.84 Å². The fraction of sp³-hybridized carbons (Fsp3) is 0.562. The minimum Gasteiger partial charge on any atom is -0.356 e. The summed E-state index contributed by atoms with van der Waals surface area (Å²) in [7, 11) is -3.20. The zero-order chi connectivity index (χ0) is 16.9. The van der Waals surface area contributed by atoms with Crippen molar-refractivity contribution in [3.05, 3.63) is 35.4 Å². The van der Waals surface area contributed by atoms with Gasteiger partial charge in [-0.25, -0.2) is 17.2 Å². The Bertz CT molecular complexity index is 635. The van der Waals surface area contributed by atoms with E-state index in [0.29, 0.717) is 18.4 Å². The van der Waals surface area contributed by atoms with E-state index in [2.05, 4.69) is 5.32 Å². The summed E-state index contributed by atoms with van der Waals surface area (Å²) in [5.74, 6) is -1.82. The molecular weight excluding hydrogens is 324 g/mol. The molecule has 0 spiro atoms. The number of carbonyl (C=O) groups excluding carboxylic acids is 1. The third-order valence-corrected chi connectivity index (χ3v) is 6.34. The van der Waals surface area contributed by atoms with Crippen LogP contribution >= 0.6 is 0 Å². The third-order valence-electron chi connectivity index (χ3n) is 4.08. The second-order valence-electron chi connectivity index (χ2n) is 5.90. The highest BCUT2D eigenvalue weighted by Crippen LogP contribution is 2.25. The van der Waals surface area contributed by atoms with Gasteiger partial charge >= 0.3 is 0 Å². The van der Waals surface area contributed by atoms with Crippen LogP contribution in [0.3, 0.4) is 0 Å². The summed E-state index contributed by atoms with van der Waals surface area (Å²) in [5, 5.41) is 2.28. The summed E-state index contributed by atoms with van der Waals surface area (Å²) in [6, 6.07) is 3.20. The molecule has 1 amide bonds. The van der Waals surface area contributed by atoms with Crippen molar-refractivity contribution >= 4 is 15.7 Å². The van der Waals surface area contributed by atoms with Crippen molar-refractivity contribution in [1.29, 1.82) is 0 Å². The first-order valence-corrected chi connectivity index (χ1v) is 9.51. The Morgan fingerprint density at radius 1 is 1.13 bits per heavy atom. The molecule has 1 fully saturated rings. The minimum atomic E-state index is -3.20. The summed E-state index contributed by atoms with van der Waals surface area (Å²) < 4.78 is 50.1. The number of rotatable bonds is 7. The van der Waals surface area contributed by atoms with Crippen LogP contribution < -0.4 is 5.32 Å². The molecule has 1 aromatic carbocycles. The van der Waals surface area contributed by atoms with Crippen LogP contribution in [0.25, 0.3) is 0 Å². The first kappa shape index (κ1) is 17.8. The molecule has 0 aromatic heterocycles. The standard InChI is InChI=1S/C16H21F2NO3S/c17-13-9-12(10-14(18)11-13)5-7-19-16(20)6-8-23(21,22)15-3-1-2-4-15/h9-11,15H,1-8H2,(H,19,20). The van der Waals surface area contributed by atoms with Crippen LogP contribution in [-0.2, 0) is 21.1 Å². The number of nitrogens with one attached hydrogen (secondary N) is 1. The monoisotopic (exact) mass is 345 g/mol. The summed E-state index contributed by atoms with van der Waals surface area (Å²) in [6.07, 6.45) is 3.46. The summed E-state index contributed by atoms with van der Waals surface area (Å²) in [4.78, 5) is 11.7. The van der Waals surface area contributed by atoms with Gasteiger partial charge < -0.3 is 5.32 Å². The molecule has 1 aliphatic rings. The summed E-state index contributed by atoms with van der Waals surface area (Å²) >= 11 is 0. The van der Waals surface area contributed by atoms with Crippen molar-refractivity contribution in [3.63, 3.8) is 0 Å². The SMILES string of the molecule is O=C(CCS(=O)(=O)C1CCCC1)NCCc1cc(F)cc(F)c1. The van der Waals surface area contributed by atoms with E-state index in [1.54, 1.807) is 0 Å². The minimum absolute atomic E-state index is 0.0731. The van der Waals surface area contributed by atoms with E-state index in [-0.39, 0.29) is 36.3 Å². The molecule has 0 radical (unpaired) electrons. The van der Waals surface area contributed by atoms with Crippen LogP contribution in [0.2, 0.25) is 0 Å². The number of halogens is 2. The lowest BCUT2D eigenvalue weighted by atomic mass is 10.1. The lowest BCUT2D eigenvalue weighted by Gasteiger charge is -2.11. The lowest BCUT2D eigenvalue weighted by Crippen LogP contribution is -2.29. The summed E-state index contributed by atoms with van der Waals surface area (Å²) in [6.45, 7) is 0.213. The van der Waals surface area contributed by atoms with E-state index in [4.69, 9.17) is 0 Å². The maximum atomic E-state index is 13.0. The predicted octanol–water partition coefficient (Wildman–Crippen LogP) is 2.37. The van der Waals surface area contributed by atoms with Crippen LogP contribution in [0.1, 0.15) is 37.7 Å². The molecule has 1 N–H and O–H groups in total. The van der Waals surface area contributed by atoms with E-state index in [9.17, 15) is 22.0 Å². The zero-order valence-corrected chi connectivity index (χ0v) is 13.7. The number of sulfone groups is 1. The van der Waals surface area contributed by atoms with Gasteiger partial charge in [-0.1, -0.05) is 12.8 Å². The molecule has 0 saturated heterocycles. The molecule has 0 aliphatic heterocycles. The highest BCUT2D eigenvalue weighted by molar-refractivity contribution is 7.92. The van der Waals surface area contributed by atoms with Gasteiger partial charge in [-0.15, -0.1) is 0 Å². The van der Waals surface area contributed by atoms with E-state index in [1.165, 1.54) is 12.1 Å². The quantitative estimate of drug-likeness (QED) is 0.825. The van der Waals surface area contributed by atoms with Crippen molar-refractivity contribution in [2.45, 2.75) is 43.8 Å². The maximum absolute atomic E-state index is 13.0. The van der Waals surface area contributed by atoms with Gasteiger partial charge in [0.05, 0.1) is 11.0 Å². The molecule has 1 aliphatic carbocycles. The molecule has 128 valence electrons. The fourth-order valence-corrected chi connectivity index (χ4v) is 4.69. The Kier molecular flexibility index (Phi) is 6.10. The first-order valence-electron chi connectivity index (χ1n) is 7.80. The van der Waals surface area contributed by atoms with Crippen LogP contribution in [0.15, 0.2) is 18.2 Å². The number of benzene rings is 1. The van der Waals surface area contributed by atoms with Gasteiger partial charge in [0.25, 0.3) is 0 Å². The topological polar surface area (TPSA) is 63.2 Å². The molecule has 1 saturated carbocycles. The third kappa shape index (κ3) is 5.57. The van der Waals surface area contributed by atoms with Crippen molar-refractivity contribution < 1.29 is 22.0 Å². The fourth-order valence-electron chi connectivity index (χ4n) is 2.84. The van der Waals surface area contributed by atoms with Crippen molar-refractivity contribution in [1.82, 2.24) is 5.32 Å². The first-order chi connectivity index (χ1) is 10.9. The normalized spacial score (nSPS) is 15.7. The Labute approximate surface area is 135 Å². The molecule has 4 nitrogen and oxygen atoms in total. The number of carbonyl (C=O) groups is 1. The predicted molar refractivity (Wildman–Crippen MR) is 83.7 cm³/mol. The Morgan fingerprint density at radius 3 is 2.35 bits per heavy atom. The molecule has 0 atom stereocenters. The Morgan fingerprint density at radius 2 is 1.74 bits per heavy atom. The molecule has 2 rings (SSSR count). The average Bonchev–Trinajstić information content (AvgIpc) is 2.99. The van der Waals surface area contributed by atoms with E-state index >= 15 is 0 Å². The van der Waals surface area contributed by atoms with Crippen LogP contribution in [0.5, 0.6) is 0 Å². The van der Waals surface area contributed by atoms with Gasteiger partial charge in [0.2, 0.25) is 5.91 Å². The molecule has 0 unspecified atom stereocenters. The van der Waals surface area contributed by atoms with Crippen LogP contribution in [-0.4, -0.2) is 31.9 Å². The van der Waals surface area contributed by atoms with Gasteiger partial charge in [-0.3, -0.25) is 4.79 Å². The number of hydrogen-bond acceptors (Lipinski definition) is 3. The Hall–Kier alpha value is -1.50. The highest BCUT2D eigenvalue weighted by atomic mass is 32.2. The molecule has 0 bridgehead atoms. The van der Waals surface area contributed by atoms with Gasteiger partial charge in [0, 0.05) is 19.0 Å². The molecule has 7 heteroatoms. The number of hydrogen-bond donors (Lipinski definition) is 1. The van der Waals surface area contributed by atoms with Crippen molar-refractivity contribution in [3.8, 4) is 0 Å². The van der Waals surface area contributed by atoms with E-state index in [1.807, 2.05) is 0 Å².